The van der Waals surface area contributed by atoms with Crippen LogP contribution in [0.4, 0.5) is 0 Å². The summed E-state index contributed by atoms with van der Waals surface area (Å²) in [6.07, 6.45) is -0.0285. The average molecular weight is 495 g/mol. The van der Waals surface area contributed by atoms with Crippen molar-refractivity contribution in [1.29, 1.82) is 0 Å². The van der Waals surface area contributed by atoms with Gasteiger partial charge in [0.15, 0.2) is 0 Å². The van der Waals surface area contributed by atoms with Gasteiger partial charge in [0.2, 0.25) is 0 Å². The van der Waals surface area contributed by atoms with Crippen LogP contribution in [0.3, 0.4) is 0 Å². The van der Waals surface area contributed by atoms with Crippen LogP contribution in [0.15, 0.2) is 42.0 Å². The van der Waals surface area contributed by atoms with Gasteiger partial charge in [-0.2, -0.15) is 0 Å². The Bertz CT molecular complexity index is 1150. The van der Waals surface area contributed by atoms with Gasteiger partial charge in [-0.1, -0.05) is 26.0 Å². The Labute approximate surface area is 214 Å². The average Bonchev–Trinajstić information content (AvgIpc) is 3.10. The number of likely N-dealkylation sites (tertiary alicyclic amines) is 1. The molecule has 3 rings (SSSR count). The maximum Gasteiger partial charge on any atom is 0.295 e. The van der Waals surface area contributed by atoms with Gasteiger partial charge in [-0.25, -0.2) is 0 Å². The molecule has 1 atom stereocenters. The van der Waals surface area contributed by atoms with Crippen molar-refractivity contribution < 1.29 is 24.2 Å². The van der Waals surface area contributed by atoms with Gasteiger partial charge in [0, 0.05) is 18.7 Å². The number of aliphatic hydroxyl groups excluding tert-OH is 1. The van der Waals surface area contributed by atoms with E-state index in [2.05, 4.69) is 18.7 Å². The Morgan fingerprint density at radius 3 is 2.39 bits per heavy atom. The maximum absolute atomic E-state index is 13.4. The van der Waals surface area contributed by atoms with Crippen molar-refractivity contribution >= 4 is 17.4 Å². The molecular weight excluding hydrogens is 456 g/mol. The lowest BCUT2D eigenvalue weighted by atomic mass is 9.93. The summed E-state index contributed by atoms with van der Waals surface area (Å²) in [5.41, 5.74) is 2.89. The van der Waals surface area contributed by atoms with E-state index in [-0.39, 0.29) is 17.4 Å². The molecule has 1 heterocycles. The van der Waals surface area contributed by atoms with Crippen molar-refractivity contribution in [2.45, 2.75) is 53.7 Å². The van der Waals surface area contributed by atoms with E-state index < -0.39 is 17.7 Å². The molecule has 0 bridgehead atoms. The third kappa shape index (κ3) is 5.57. The van der Waals surface area contributed by atoms with Crippen LogP contribution >= 0.6 is 0 Å². The highest BCUT2D eigenvalue weighted by molar-refractivity contribution is 6.46. The third-order valence-electron chi connectivity index (χ3n) is 6.63. The van der Waals surface area contributed by atoms with E-state index in [9.17, 15) is 14.7 Å². The van der Waals surface area contributed by atoms with Crippen LogP contribution in [0.2, 0.25) is 0 Å². The second-order valence-electron chi connectivity index (χ2n) is 9.40. The Balaban J connectivity index is 2.18. The molecule has 1 fully saturated rings. The van der Waals surface area contributed by atoms with Crippen molar-refractivity contribution in [3.8, 4) is 11.5 Å². The minimum absolute atomic E-state index is 0.0285. The van der Waals surface area contributed by atoms with Gasteiger partial charge < -0.3 is 24.4 Å². The number of Topliss-reactive ketones (excluding diaryl/α,β-unsaturated/α-hetero) is 1. The van der Waals surface area contributed by atoms with Gasteiger partial charge in [-0.05, 0) is 81.7 Å². The summed E-state index contributed by atoms with van der Waals surface area (Å²) in [7, 11) is 1.59. The van der Waals surface area contributed by atoms with Crippen LogP contribution in [0.1, 0.15) is 56.0 Å². The van der Waals surface area contributed by atoms with Crippen LogP contribution in [0.5, 0.6) is 11.5 Å². The van der Waals surface area contributed by atoms with Crippen LogP contribution in [0.25, 0.3) is 5.76 Å². The van der Waals surface area contributed by atoms with Crippen molar-refractivity contribution in [1.82, 2.24) is 9.80 Å². The number of amides is 1. The summed E-state index contributed by atoms with van der Waals surface area (Å²) >= 11 is 0. The lowest BCUT2D eigenvalue weighted by Gasteiger charge is -2.28. The molecule has 1 aliphatic rings. The molecule has 194 valence electrons. The van der Waals surface area contributed by atoms with Crippen LogP contribution in [0, 0.1) is 13.8 Å². The molecule has 1 saturated heterocycles. The fourth-order valence-corrected chi connectivity index (χ4v) is 4.69. The van der Waals surface area contributed by atoms with E-state index in [4.69, 9.17) is 9.47 Å². The minimum atomic E-state index is -0.724. The second kappa shape index (κ2) is 11.6. The number of ether oxygens (including phenoxy) is 2. The molecule has 1 amide bonds. The monoisotopic (exact) mass is 494 g/mol. The van der Waals surface area contributed by atoms with E-state index >= 15 is 0 Å². The highest BCUT2D eigenvalue weighted by atomic mass is 16.5. The van der Waals surface area contributed by atoms with E-state index in [1.807, 2.05) is 58.0 Å². The zero-order valence-electron chi connectivity index (χ0n) is 22.4. The van der Waals surface area contributed by atoms with E-state index in [1.165, 1.54) is 0 Å². The lowest BCUT2D eigenvalue weighted by molar-refractivity contribution is -0.140. The van der Waals surface area contributed by atoms with Gasteiger partial charge in [-0.15, -0.1) is 0 Å². The number of carbonyl (C=O) groups excluding carboxylic acids is 2. The molecule has 7 heteroatoms. The zero-order valence-corrected chi connectivity index (χ0v) is 22.4. The van der Waals surface area contributed by atoms with Crippen molar-refractivity contribution in [3.05, 3.63) is 64.2 Å². The molecule has 7 nitrogen and oxygen atoms in total. The predicted molar refractivity (Wildman–Crippen MR) is 141 cm³/mol. The van der Waals surface area contributed by atoms with Gasteiger partial charge in [-0.3, -0.25) is 9.59 Å². The summed E-state index contributed by atoms with van der Waals surface area (Å²) in [5, 5.41) is 11.5. The summed E-state index contributed by atoms with van der Waals surface area (Å²) in [6.45, 7) is 14.4. The van der Waals surface area contributed by atoms with Crippen molar-refractivity contribution in [2.75, 3.05) is 33.3 Å². The molecular formula is C29H38N2O5. The maximum atomic E-state index is 13.4. The van der Waals surface area contributed by atoms with Crippen molar-refractivity contribution in [2.24, 2.45) is 0 Å². The SMILES string of the molecule is CCN(CC)CCN1C(=O)C(=O)/C(=C(/O)c2cc(C)c(OC)cc2C)C1c1cccc(OC(C)C)c1. The molecule has 0 aliphatic carbocycles. The Kier molecular flexibility index (Phi) is 8.79. The fourth-order valence-electron chi connectivity index (χ4n) is 4.69. The third-order valence-corrected chi connectivity index (χ3v) is 6.63. The first kappa shape index (κ1) is 27.3. The summed E-state index contributed by atoms with van der Waals surface area (Å²) < 4.78 is 11.3. The number of aliphatic hydroxyl groups is 1. The van der Waals surface area contributed by atoms with Crippen LogP contribution in [-0.4, -0.2) is 66.0 Å². The van der Waals surface area contributed by atoms with E-state index in [1.54, 1.807) is 18.1 Å². The molecule has 1 unspecified atom stereocenters. The highest BCUT2D eigenvalue weighted by Crippen LogP contribution is 2.41. The number of hydrogen-bond donors (Lipinski definition) is 1. The molecule has 36 heavy (non-hydrogen) atoms. The lowest BCUT2D eigenvalue weighted by Crippen LogP contribution is -2.38. The van der Waals surface area contributed by atoms with Gasteiger partial charge in [0.1, 0.15) is 17.3 Å². The number of hydrogen-bond acceptors (Lipinski definition) is 6. The molecule has 0 spiro atoms. The molecule has 1 aliphatic heterocycles. The number of likely N-dealkylation sites (N-methyl/N-ethyl adjacent to an activating group) is 1. The molecule has 0 saturated carbocycles. The van der Waals surface area contributed by atoms with Gasteiger partial charge >= 0.3 is 0 Å². The number of methoxy groups -OCH3 is 1. The largest absolute Gasteiger partial charge is 0.507 e. The summed E-state index contributed by atoms with van der Waals surface area (Å²) in [4.78, 5) is 30.5. The van der Waals surface area contributed by atoms with Crippen molar-refractivity contribution in [3.63, 3.8) is 0 Å². The summed E-state index contributed by atoms with van der Waals surface area (Å²) in [6, 6.07) is 10.3. The smallest absolute Gasteiger partial charge is 0.295 e. The molecule has 1 N–H and O–H groups in total. The quantitative estimate of drug-likeness (QED) is 0.289. The predicted octanol–water partition coefficient (Wildman–Crippen LogP) is 4.86. The van der Waals surface area contributed by atoms with Crippen LogP contribution < -0.4 is 9.47 Å². The highest BCUT2D eigenvalue weighted by Gasteiger charge is 2.46. The summed E-state index contributed by atoms with van der Waals surface area (Å²) in [5.74, 6) is -0.124. The second-order valence-corrected chi connectivity index (χ2v) is 9.40. The molecule has 2 aromatic rings. The standard InChI is InChI=1S/C29H38N2O5/c1-8-30(9-2)13-14-31-26(21-11-10-12-22(17-21)36-18(3)4)25(28(33)29(31)34)27(32)23-15-20(6)24(35-7)16-19(23)5/h10-12,15-18,26,32H,8-9,13-14H2,1-7H3/b27-25+. The number of rotatable bonds is 10. The Morgan fingerprint density at radius 1 is 1.08 bits per heavy atom. The first-order valence-corrected chi connectivity index (χ1v) is 12.6. The fraction of sp³-hybridized carbons (Fsp3) is 0.448. The van der Waals surface area contributed by atoms with Gasteiger partial charge in [0.05, 0.1) is 24.8 Å². The van der Waals surface area contributed by atoms with Crippen LogP contribution in [-0.2, 0) is 9.59 Å². The number of ketones is 1. The molecule has 0 aromatic heterocycles. The molecule has 0 radical (unpaired) electrons. The molecule has 2 aromatic carbocycles. The topological polar surface area (TPSA) is 79.3 Å². The zero-order chi connectivity index (χ0) is 26.6. The first-order valence-electron chi connectivity index (χ1n) is 12.6. The minimum Gasteiger partial charge on any atom is -0.507 e. The number of nitrogens with zero attached hydrogens (tertiary/aromatic N) is 2. The first-order chi connectivity index (χ1) is 17.1. The number of benzene rings is 2. The normalized spacial score (nSPS) is 17.4. The Hall–Kier alpha value is -3.32. The van der Waals surface area contributed by atoms with E-state index in [0.717, 1.165) is 29.8 Å². The number of carbonyl (C=O) groups is 2. The van der Waals surface area contributed by atoms with E-state index in [0.29, 0.717) is 30.2 Å². The number of aryl methyl sites for hydroxylation is 2. The Morgan fingerprint density at radius 2 is 1.78 bits per heavy atom. The van der Waals surface area contributed by atoms with Gasteiger partial charge in [0.25, 0.3) is 11.7 Å².